The third-order valence-corrected chi connectivity index (χ3v) is 4.68. The smallest absolute Gasteiger partial charge is 0.0603 e. The van der Waals surface area contributed by atoms with Crippen LogP contribution in [-0.4, -0.2) is 12.6 Å². The second kappa shape index (κ2) is 6.82. The van der Waals surface area contributed by atoms with Crippen molar-refractivity contribution in [1.82, 2.24) is 0 Å². The Balaban J connectivity index is 2.19. The van der Waals surface area contributed by atoms with Gasteiger partial charge in [0, 0.05) is 16.2 Å². The highest BCUT2D eigenvalue weighted by Crippen LogP contribution is 2.33. The Hall–Kier alpha value is -0.450. The summed E-state index contributed by atoms with van der Waals surface area (Å²) in [6, 6.07) is 7.16. The van der Waals surface area contributed by atoms with E-state index in [4.69, 9.17) is 5.73 Å². The Bertz CT molecular complexity index is 411. The van der Waals surface area contributed by atoms with Crippen molar-refractivity contribution >= 4 is 34.0 Å². The summed E-state index contributed by atoms with van der Waals surface area (Å²) in [6.07, 6.45) is 6.62. The first-order valence-electron chi connectivity index (χ1n) is 7.39. The number of hydrogen-bond acceptors (Lipinski definition) is 2. The lowest BCUT2D eigenvalue weighted by Gasteiger charge is -2.33. The standard InChI is InChI=1S/C16H25IN2/c1-12(2)9-10-19(14-5-3-4-6-14)16-8-7-13(17)11-15(16)18/h7-8,11-12,14H,3-6,9-10,18H2,1-2H3. The van der Waals surface area contributed by atoms with Gasteiger partial charge in [0.1, 0.15) is 0 Å². The van der Waals surface area contributed by atoms with Crippen LogP contribution < -0.4 is 10.6 Å². The lowest BCUT2D eigenvalue weighted by molar-refractivity contribution is 0.529. The average molecular weight is 372 g/mol. The van der Waals surface area contributed by atoms with Crippen LogP contribution in [-0.2, 0) is 0 Å². The minimum atomic E-state index is 0.695. The van der Waals surface area contributed by atoms with E-state index in [1.165, 1.54) is 41.4 Å². The largest absolute Gasteiger partial charge is 0.397 e. The fourth-order valence-corrected chi connectivity index (χ4v) is 3.42. The molecule has 2 N–H and O–H groups in total. The minimum absolute atomic E-state index is 0.695. The number of anilines is 2. The highest BCUT2D eigenvalue weighted by molar-refractivity contribution is 14.1. The lowest BCUT2D eigenvalue weighted by Crippen LogP contribution is -2.35. The molecule has 0 bridgehead atoms. The van der Waals surface area contributed by atoms with Crippen LogP contribution in [0.3, 0.4) is 0 Å². The molecule has 3 heteroatoms. The summed E-state index contributed by atoms with van der Waals surface area (Å²) < 4.78 is 1.22. The quantitative estimate of drug-likeness (QED) is 0.601. The van der Waals surface area contributed by atoms with Crippen molar-refractivity contribution < 1.29 is 0 Å². The predicted octanol–water partition coefficient (Wildman–Crippen LogP) is 4.67. The van der Waals surface area contributed by atoms with Gasteiger partial charge in [-0.2, -0.15) is 0 Å². The first kappa shape index (κ1) is 14.9. The van der Waals surface area contributed by atoms with E-state index in [-0.39, 0.29) is 0 Å². The highest BCUT2D eigenvalue weighted by Gasteiger charge is 2.24. The molecule has 0 amide bonds. The van der Waals surface area contributed by atoms with Crippen LogP contribution in [0.2, 0.25) is 0 Å². The zero-order chi connectivity index (χ0) is 13.8. The van der Waals surface area contributed by atoms with Crippen molar-refractivity contribution in [2.45, 2.75) is 52.0 Å². The maximum absolute atomic E-state index is 6.25. The van der Waals surface area contributed by atoms with Gasteiger partial charge < -0.3 is 10.6 Å². The molecule has 1 aromatic rings. The summed E-state index contributed by atoms with van der Waals surface area (Å²) in [5.41, 5.74) is 8.43. The van der Waals surface area contributed by atoms with E-state index in [0.717, 1.165) is 18.2 Å². The van der Waals surface area contributed by atoms with Gasteiger partial charge in [0.15, 0.2) is 0 Å². The Labute approximate surface area is 130 Å². The van der Waals surface area contributed by atoms with Crippen LogP contribution in [0.15, 0.2) is 18.2 Å². The van der Waals surface area contributed by atoms with Gasteiger partial charge in [-0.05, 0) is 66.0 Å². The minimum Gasteiger partial charge on any atom is -0.397 e. The van der Waals surface area contributed by atoms with Crippen LogP contribution in [0.5, 0.6) is 0 Å². The topological polar surface area (TPSA) is 29.3 Å². The van der Waals surface area contributed by atoms with E-state index in [0.29, 0.717) is 6.04 Å². The molecule has 0 unspecified atom stereocenters. The Morgan fingerprint density at radius 3 is 2.58 bits per heavy atom. The summed E-state index contributed by atoms with van der Waals surface area (Å²) in [7, 11) is 0. The first-order chi connectivity index (χ1) is 9.08. The van der Waals surface area contributed by atoms with Gasteiger partial charge in [-0.15, -0.1) is 0 Å². The second-order valence-corrected chi connectivity index (χ2v) is 7.26. The number of nitrogens with two attached hydrogens (primary N) is 1. The molecule has 19 heavy (non-hydrogen) atoms. The van der Waals surface area contributed by atoms with Crippen molar-refractivity contribution in [2.24, 2.45) is 5.92 Å². The molecular formula is C16H25IN2. The molecule has 0 radical (unpaired) electrons. The fourth-order valence-electron chi connectivity index (χ4n) is 2.90. The SMILES string of the molecule is CC(C)CCN(c1ccc(I)cc1N)C1CCCC1. The van der Waals surface area contributed by atoms with Gasteiger partial charge in [0.25, 0.3) is 0 Å². The molecule has 1 aromatic carbocycles. The van der Waals surface area contributed by atoms with Gasteiger partial charge >= 0.3 is 0 Å². The number of halogens is 1. The van der Waals surface area contributed by atoms with Gasteiger partial charge in [0.2, 0.25) is 0 Å². The van der Waals surface area contributed by atoms with E-state index >= 15 is 0 Å². The molecule has 0 aliphatic heterocycles. The summed E-state index contributed by atoms with van der Waals surface area (Å²) >= 11 is 2.33. The molecular weight excluding hydrogens is 347 g/mol. The maximum atomic E-state index is 6.25. The third-order valence-electron chi connectivity index (χ3n) is 4.01. The monoisotopic (exact) mass is 372 g/mol. The Kier molecular flexibility index (Phi) is 5.37. The zero-order valence-electron chi connectivity index (χ0n) is 12.0. The van der Waals surface area contributed by atoms with Crippen molar-refractivity contribution in [1.29, 1.82) is 0 Å². The van der Waals surface area contributed by atoms with E-state index in [1.807, 2.05) is 0 Å². The highest BCUT2D eigenvalue weighted by atomic mass is 127. The summed E-state index contributed by atoms with van der Waals surface area (Å²) in [6.45, 7) is 5.72. The maximum Gasteiger partial charge on any atom is 0.0603 e. The Morgan fingerprint density at radius 2 is 2.00 bits per heavy atom. The number of nitrogen functional groups attached to an aromatic ring is 1. The number of rotatable bonds is 5. The van der Waals surface area contributed by atoms with E-state index in [9.17, 15) is 0 Å². The van der Waals surface area contributed by atoms with Crippen molar-refractivity contribution in [2.75, 3.05) is 17.2 Å². The molecule has 0 spiro atoms. The number of nitrogens with zero attached hydrogens (tertiary/aromatic N) is 1. The molecule has 1 aliphatic carbocycles. The molecule has 0 saturated heterocycles. The van der Waals surface area contributed by atoms with Gasteiger partial charge in [-0.1, -0.05) is 26.7 Å². The lowest BCUT2D eigenvalue weighted by atomic mass is 10.1. The molecule has 2 nitrogen and oxygen atoms in total. The van der Waals surface area contributed by atoms with Crippen LogP contribution in [0.25, 0.3) is 0 Å². The molecule has 1 fully saturated rings. The predicted molar refractivity (Wildman–Crippen MR) is 92.6 cm³/mol. The molecule has 1 aliphatic rings. The molecule has 1 saturated carbocycles. The fraction of sp³-hybridized carbons (Fsp3) is 0.625. The number of hydrogen-bond donors (Lipinski definition) is 1. The second-order valence-electron chi connectivity index (χ2n) is 6.02. The normalized spacial score (nSPS) is 16.2. The average Bonchev–Trinajstić information content (AvgIpc) is 2.85. The molecule has 0 atom stereocenters. The molecule has 0 aromatic heterocycles. The molecule has 2 rings (SSSR count). The van der Waals surface area contributed by atoms with Gasteiger partial charge in [-0.25, -0.2) is 0 Å². The number of benzene rings is 1. The van der Waals surface area contributed by atoms with Crippen LogP contribution in [0.4, 0.5) is 11.4 Å². The first-order valence-corrected chi connectivity index (χ1v) is 8.47. The summed E-state index contributed by atoms with van der Waals surface area (Å²) in [5.74, 6) is 0.744. The Morgan fingerprint density at radius 1 is 1.32 bits per heavy atom. The van der Waals surface area contributed by atoms with Crippen LogP contribution in [0, 0.1) is 9.49 Å². The molecule has 106 valence electrons. The van der Waals surface area contributed by atoms with Crippen LogP contribution >= 0.6 is 22.6 Å². The van der Waals surface area contributed by atoms with E-state index in [2.05, 4.69) is 59.5 Å². The van der Waals surface area contributed by atoms with Crippen molar-refractivity contribution in [3.05, 3.63) is 21.8 Å². The van der Waals surface area contributed by atoms with Crippen molar-refractivity contribution in [3.63, 3.8) is 0 Å². The van der Waals surface area contributed by atoms with Gasteiger partial charge in [-0.3, -0.25) is 0 Å². The van der Waals surface area contributed by atoms with Crippen molar-refractivity contribution in [3.8, 4) is 0 Å². The summed E-state index contributed by atoms with van der Waals surface area (Å²) in [4.78, 5) is 2.57. The third kappa shape index (κ3) is 4.01. The zero-order valence-corrected chi connectivity index (χ0v) is 14.2. The van der Waals surface area contributed by atoms with E-state index in [1.54, 1.807) is 0 Å². The molecule has 0 heterocycles. The van der Waals surface area contributed by atoms with Gasteiger partial charge in [0.05, 0.1) is 11.4 Å². The van der Waals surface area contributed by atoms with Crippen LogP contribution in [0.1, 0.15) is 46.0 Å². The van der Waals surface area contributed by atoms with E-state index < -0.39 is 0 Å². The summed E-state index contributed by atoms with van der Waals surface area (Å²) in [5, 5.41) is 0.